The summed E-state index contributed by atoms with van der Waals surface area (Å²) >= 11 is 3.38. The topological polar surface area (TPSA) is 43.4 Å². The first-order chi connectivity index (χ1) is 10.6. The van der Waals surface area contributed by atoms with Crippen LogP contribution < -0.4 is 0 Å². The predicted octanol–water partition coefficient (Wildman–Crippen LogP) is 4.95. The van der Waals surface area contributed by atoms with E-state index in [-0.39, 0.29) is 24.1 Å². The van der Waals surface area contributed by atoms with Crippen LogP contribution in [0.3, 0.4) is 0 Å². The average Bonchev–Trinajstić information content (AvgIpc) is 2.38. The van der Waals surface area contributed by atoms with Gasteiger partial charge < -0.3 is 4.74 Å². The molecule has 0 spiro atoms. The third-order valence-electron chi connectivity index (χ3n) is 3.28. The summed E-state index contributed by atoms with van der Waals surface area (Å²) in [6.45, 7) is 9.65. The van der Waals surface area contributed by atoms with E-state index in [1.165, 1.54) is 0 Å². The average molecular weight is 383 g/mol. The summed E-state index contributed by atoms with van der Waals surface area (Å²) < 4.78 is 6.46. The first-order valence-electron chi connectivity index (χ1n) is 8.06. The van der Waals surface area contributed by atoms with Crippen LogP contribution in [-0.2, 0) is 20.7 Å². The van der Waals surface area contributed by atoms with Crippen molar-refractivity contribution in [1.82, 2.24) is 0 Å². The molecule has 0 aliphatic heterocycles. The molecule has 0 heterocycles. The minimum atomic E-state index is -0.527. The van der Waals surface area contributed by atoms with Crippen molar-refractivity contribution in [2.24, 2.45) is 11.8 Å². The molecule has 0 unspecified atom stereocenters. The summed E-state index contributed by atoms with van der Waals surface area (Å²) in [5.41, 5.74) is 0.437. The standard InChI is InChI=1S/C19H27BrO3/c1-13(2)10-15(18(22)23-19(3,4)5)12-17(21)11-14-6-8-16(20)9-7-14/h6-9,13,15H,10-12H2,1-5H3/t15-/m1/s1. The molecule has 0 N–H and O–H groups in total. The molecule has 0 saturated carbocycles. The highest BCUT2D eigenvalue weighted by atomic mass is 79.9. The van der Waals surface area contributed by atoms with E-state index in [4.69, 9.17) is 4.74 Å². The summed E-state index contributed by atoms with van der Waals surface area (Å²) in [6.07, 6.45) is 1.26. The van der Waals surface area contributed by atoms with Gasteiger partial charge in [0.15, 0.2) is 0 Å². The van der Waals surface area contributed by atoms with Crippen LogP contribution in [0.15, 0.2) is 28.7 Å². The highest BCUT2D eigenvalue weighted by Crippen LogP contribution is 2.22. The molecule has 0 aliphatic rings. The van der Waals surface area contributed by atoms with Crippen molar-refractivity contribution in [1.29, 1.82) is 0 Å². The van der Waals surface area contributed by atoms with E-state index in [0.717, 1.165) is 10.0 Å². The lowest BCUT2D eigenvalue weighted by molar-refractivity contribution is -0.161. The summed E-state index contributed by atoms with van der Waals surface area (Å²) in [4.78, 5) is 24.7. The van der Waals surface area contributed by atoms with E-state index in [0.29, 0.717) is 18.8 Å². The molecule has 0 fully saturated rings. The Morgan fingerprint density at radius 3 is 2.17 bits per heavy atom. The smallest absolute Gasteiger partial charge is 0.309 e. The summed E-state index contributed by atoms with van der Waals surface area (Å²) in [6, 6.07) is 7.68. The van der Waals surface area contributed by atoms with E-state index in [1.54, 1.807) is 0 Å². The lowest BCUT2D eigenvalue weighted by Gasteiger charge is -2.24. The number of carbonyl (C=O) groups is 2. The van der Waals surface area contributed by atoms with Gasteiger partial charge in [-0.15, -0.1) is 0 Å². The molecule has 4 heteroatoms. The minimum Gasteiger partial charge on any atom is -0.460 e. The predicted molar refractivity (Wildman–Crippen MR) is 96.3 cm³/mol. The van der Waals surface area contributed by atoms with Crippen LogP contribution in [0, 0.1) is 11.8 Å². The highest BCUT2D eigenvalue weighted by molar-refractivity contribution is 9.10. The van der Waals surface area contributed by atoms with Crippen LogP contribution in [0.5, 0.6) is 0 Å². The van der Waals surface area contributed by atoms with Gasteiger partial charge in [-0.3, -0.25) is 9.59 Å². The molecule has 1 aromatic rings. The van der Waals surface area contributed by atoms with E-state index in [1.807, 2.05) is 45.0 Å². The molecule has 0 radical (unpaired) electrons. The number of benzene rings is 1. The van der Waals surface area contributed by atoms with Gasteiger partial charge in [0.2, 0.25) is 0 Å². The van der Waals surface area contributed by atoms with Crippen LogP contribution >= 0.6 is 15.9 Å². The molecule has 0 aliphatic carbocycles. The number of rotatable bonds is 7. The third-order valence-corrected chi connectivity index (χ3v) is 3.81. The number of ketones is 1. The van der Waals surface area contributed by atoms with Crippen LogP contribution in [0.2, 0.25) is 0 Å². The van der Waals surface area contributed by atoms with Gasteiger partial charge in [-0.2, -0.15) is 0 Å². The Balaban J connectivity index is 2.70. The largest absolute Gasteiger partial charge is 0.460 e. The lowest BCUT2D eigenvalue weighted by atomic mass is 9.90. The van der Waals surface area contributed by atoms with Gasteiger partial charge in [0, 0.05) is 17.3 Å². The van der Waals surface area contributed by atoms with Crippen LogP contribution in [-0.4, -0.2) is 17.4 Å². The number of Topliss-reactive ketones (excluding diaryl/α,β-unsaturated/α-hetero) is 1. The molecule has 128 valence electrons. The molecular formula is C19H27BrO3. The third kappa shape index (κ3) is 8.31. The van der Waals surface area contributed by atoms with E-state index in [9.17, 15) is 9.59 Å². The fourth-order valence-electron chi connectivity index (χ4n) is 2.39. The zero-order chi connectivity index (χ0) is 17.6. The van der Waals surface area contributed by atoms with Crippen LogP contribution in [0.1, 0.15) is 53.0 Å². The number of halogens is 1. The second-order valence-corrected chi connectivity index (χ2v) is 8.32. The Bertz CT molecular complexity index is 527. The maximum atomic E-state index is 12.3. The van der Waals surface area contributed by atoms with Gasteiger partial charge in [0.1, 0.15) is 11.4 Å². The first-order valence-corrected chi connectivity index (χ1v) is 8.85. The summed E-state index contributed by atoms with van der Waals surface area (Å²) in [7, 11) is 0. The van der Waals surface area contributed by atoms with E-state index in [2.05, 4.69) is 29.8 Å². The molecule has 0 bridgehead atoms. The molecule has 0 aromatic heterocycles. The molecule has 23 heavy (non-hydrogen) atoms. The number of ether oxygens (including phenoxy) is 1. The highest BCUT2D eigenvalue weighted by Gasteiger charge is 2.27. The van der Waals surface area contributed by atoms with Crippen molar-refractivity contribution in [3.63, 3.8) is 0 Å². The molecule has 1 rings (SSSR count). The molecule has 3 nitrogen and oxygen atoms in total. The molecule has 1 aromatic carbocycles. The normalized spacial score (nSPS) is 13.0. The summed E-state index contributed by atoms with van der Waals surface area (Å²) in [5.74, 6) is -0.218. The molecule has 0 saturated heterocycles. The van der Waals surface area contributed by atoms with Crippen molar-refractivity contribution < 1.29 is 14.3 Å². The monoisotopic (exact) mass is 382 g/mol. The van der Waals surface area contributed by atoms with Crippen LogP contribution in [0.4, 0.5) is 0 Å². The Hall–Kier alpha value is -1.16. The fraction of sp³-hybridized carbons (Fsp3) is 0.579. The lowest BCUT2D eigenvalue weighted by Crippen LogP contribution is -2.31. The second-order valence-electron chi connectivity index (χ2n) is 7.41. The zero-order valence-electron chi connectivity index (χ0n) is 14.7. The van der Waals surface area contributed by atoms with Crippen molar-refractivity contribution in [2.45, 2.75) is 59.5 Å². The Kier molecular flexibility index (Phi) is 7.46. The summed E-state index contributed by atoms with van der Waals surface area (Å²) in [5, 5.41) is 0. The number of esters is 1. The van der Waals surface area contributed by atoms with Crippen LogP contribution in [0.25, 0.3) is 0 Å². The quantitative estimate of drug-likeness (QED) is 0.626. The van der Waals surface area contributed by atoms with Crippen molar-refractivity contribution in [3.05, 3.63) is 34.3 Å². The number of hydrogen-bond donors (Lipinski definition) is 0. The van der Waals surface area contributed by atoms with Gasteiger partial charge in [-0.05, 0) is 50.8 Å². The first kappa shape index (κ1) is 19.9. The molecule has 0 amide bonds. The maximum Gasteiger partial charge on any atom is 0.309 e. The van der Waals surface area contributed by atoms with Crippen molar-refractivity contribution >= 4 is 27.7 Å². The van der Waals surface area contributed by atoms with Crippen molar-refractivity contribution in [2.75, 3.05) is 0 Å². The SMILES string of the molecule is CC(C)C[C@H](CC(=O)Cc1ccc(Br)cc1)C(=O)OC(C)(C)C. The number of carbonyl (C=O) groups excluding carboxylic acids is 2. The van der Waals surface area contributed by atoms with Gasteiger partial charge in [-0.1, -0.05) is 41.9 Å². The maximum absolute atomic E-state index is 12.3. The molecule has 1 atom stereocenters. The van der Waals surface area contributed by atoms with Gasteiger partial charge in [-0.25, -0.2) is 0 Å². The Labute approximate surface area is 147 Å². The van der Waals surface area contributed by atoms with Gasteiger partial charge >= 0.3 is 5.97 Å². The molecular weight excluding hydrogens is 356 g/mol. The van der Waals surface area contributed by atoms with Crippen molar-refractivity contribution in [3.8, 4) is 0 Å². The minimum absolute atomic E-state index is 0.0730. The van der Waals surface area contributed by atoms with E-state index < -0.39 is 5.60 Å². The second kappa shape index (κ2) is 8.62. The number of hydrogen-bond acceptors (Lipinski definition) is 3. The fourth-order valence-corrected chi connectivity index (χ4v) is 2.66. The van der Waals surface area contributed by atoms with Gasteiger partial charge in [0.25, 0.3) is 0 Å². The zero-order valence-corrected chi connectivity index (χ0v) is 16.3. The van der Waals surface area contributed by atoms with Gasteiger partial charge in [0.05, 0.1) is 5.92 Å². The van der Waals surface area contributed by atoms with E-state index >= 15 is 0 Å². The Morgan fingerprint density at radius 1 is 1.13 bits per heavy atom. The Morgan fingerprint density at radius 2 is 1.70 bits per heavy atom.